The van der Waals surface area contributed by atoms with Gasteiger partial charge in [0.2, 0.25) is 0 Å². The lowest BCUT2D eigenvalue weighted by Gasteiger charge is -2.15. The minimum absolute atomic E-state index is 0.0149. The highest BCUT2D eigenvalue weighted by atomic mass is 32.2. The number of alkyl halides is 3. The number of hydrogen-bond acceptors (Lipinski definition) is 4. The Bertz CT molecular complexity index is 1230. The number of carbonyl (C=O) groups is 1. The van der Waals surface area contributed by atoms with Gasteiger partial charge in [-0.15, -0.1) is 0 Å². The van der Waals surface area contributed by atoms with Crippen LogP contribution in [-0.4, -0.2) is 25.2 Å². The van der Waals surface area contributed by atoms with Crippen LogP contribution in [0.4, 0.5) is 13.2 Å². The first-order valence-electron chi connectivity index (χ1n) is 9.84. The molecule has 0 aliphatic rings. The van der Waals surface area contributed by atoms with E-state index >= 15 is 0 Å². The van der Waals surface area contributed by atoms with Crippen LogP contribution < -0.4 is 4.74 Å². The number of hydrogen-bond donors (Lipinski definition) is 0. The van der Waals surface area contributed by atoms with Crippen molar-refractivity contribution < 1.29 is 31.1 Å². The van der Waals surface area contributed by atoms with Gasteiger partial charge in [-0.05, 0) is 43.2 Å². The van der Waals surface area contributed by atoms with Crippen molar-refractivity contribution in [1.29, 1.82) is 0 Å². The van der Waals surface area contributed by atoms with Crippen LogP contribution >= 0.6 is 0 Å². The van der Waals surface area contributed by atoms with Crippen molar-refractivity contribution in [2.24, 2.45) is 0 Å². The second-order valence-corrected chi connectivity index (χ2v) is 9.34. The zero-order chi connectivity index (χ0) is 23.7. The van der Waals surface area contributed by atoms with Gasteiger partial charge in [0.05, 0.1) is 16.3 Å². The van der Waals surface area contributed by atoms with Gasteiger partial charge in [0.25, 0.3) is 0 Å². The number of carbonyl (C=O) groups excluding carboxylic acids is 1. The zero-order valence-corrected chi connectivity index (χ0v) is 18.5. The normalized spacial score (nSPS) is 12.1. The Morgan fingerprint density at radius 1 is 1.03 bits per heavy atom. The Hall–Kier alpha value is -3.07. The summed E-state index contributed by atoms with van der Waals surface area (Å²) in [4.78, 5) is 12.1. The minimum Gasteiger partial charge on any atom is -0.424 e. The smallest absolute Gasteiger partial charge is 0.422 e. The van der Waals surface area contributed by atoms with Gasteiger partial charge in [0.15, 0.2) is 15.6 Å². The van der Waals surface area contributed by atoms with Gasteiger partial charge in [0, 0.05) is 18.4 Å². The Morgan fingerprint density at radius 3 is 2.12 bits per heavy atom. The number of esters is 1. The van der Waals surface area contributed by atoms with E-state index in [1.165, 1.54) is 35.8 Å². The average Bonchev–Trinajstić information content (AvgIpc) is 3.01. The molecule has 0 amide bonds. The molecule has 0 fully saturated rings. The molecular weight excluding hydrogens is 443 g/mol. The number of ether oxygens (including phenoxy) is 1. The second kappa shape index (κ2) is 8.82. The number of rotatable bonds is 6. The first-order valence-corrected chi connectivity index (χ1v) is 11.7. The fraction of sp³-hybridized carbons (Fsp3) is 0.261. The number of para-hydroxylation sites is 1. The molecule has 3 aromatic rings. The Labute approximate surface area is 184 Å². The van der Waals surface area contributed by atoms with Crippen molar-refractivity contribution in [1.82, 2.24) is 4.57 Å². The van der Waals surface area contributed by atoms with Crippen molar-refractivity contribution in [2.75, 3.05) is 6.26 Å². The topological polar surface area (TPSA) is 65.4 Å². The van der Waals surface area contributed by atoms with E-state index in [2.05, 4.69) is 0 Å². The highest BCUT2D eigenvalue weighted by molar-refractivity contribution is 7.90. The molecule has 0 unspecified atom stereocenters. The lowest BCUT2D eigenvalue weighted by atomic mass is 10.1. The van der Waals surface area contributed by atoms with Crippen LogP contribution in [0.3, 0.4) is 0 Å². The van der Waals surface area contributed by atoms with Crippen molar-refractivity contribution in [3.05, 3.63) is 65.9 Å². The standard InChI is InChI=1S/C23H22F3NO4S/c1-4-8-19(28)31-22-15(2)27(17-9-6-5-7-10-17)21(20(22)23(24,25)26)16-11-13-18(14-12-16)32(3,29)30/h5-7,9-14H,4,8H2,1-3H3. The maximum Gasteiger partial charge on any atom is 0.422 e. The molecule has 0 aliphatic heterocycles. The summed E-state index contributed by atoms with van der Waals surface area (Å²) in [5.41, 5.74) is -0.643. The van der Waals surface area contributed by atoms with E-state index in [1.54, 1.807) is 37.3 Å². The number of nitrogens with zero attached hydrogens (tertiary/aromatic N) is 1. The van der Waals surface area contributed by atoms with Crippen LogP contribution in [0.15, 0.2) is 59.5 Å². The van der Waals surface area contributed by atoms with Crippen LogP contribution in [0.5, 0.6) is 5.75 Å². The highest BCUT2D eigenvalue weighted by Crippen LogP contribution is 2.48. The summed E-state index contributed by atoms with van der Waals surface area (Å²) >= 11 is 0. The number of benzene rings is 2. The second-order valence-electron chi connectivity index (χ2n) is 7.33. The van der Waals surface area contributed by atoms with Crippen molar-refractivity contribution in [3.8, 4) is 22.7 Å². The maximum atomic E-state index is 14.3. The average molecular weight is 465 g/mol. The number of halogens is 3. The Balaban J connectivity index is 2.36. The van der Waals surface area contributed by atoms with Gasteiger partial charge in [-0.3, -0.25) is 4.79 Å². The molecule has 0 N–H and O–H groups in total. The Morgan fingerprint density at radius 2 is 1.62 bits per heavy atom. The molecular formula is C23H22F3NO4S. The molecule has 0 saturated heterocycles. The van der Waals surface area contributed by atoms with E-state index < -0.39 is 33.3 Å². The van der Waals surface area contributed by atoms with Crippen molar-refractivity contribution >= 4 is 15.8 Å². The largest absolute Gasteiger partial charge is 0.424 e. The lowest BCUT2D eigenvalue weighted by Crippen LogP contribution is -2.13. The highest BCUT2D eigenvalue weighted by Gasteiger charge is 2.42. The molecule has 1 aromatic heterocycles. The Kier molecular flexibility index (Phi) is 6.50. The van der Waals surface area contributed by atoms with E-state index in [0.717, 1.165) is 6.26 Å². The molecule has 0 atom stereocenters. The summed E-state index contributed by atoms with van der Waals surface area (Å²) < 4.78 is 73.1. The van der Waals surface area contributed by atoms with Crippen LogP contribution in [0.25, 0.3) is 16.9 Å². The molecule has 1 heterocycles. The maximum absolute atomic E-state index is 14.3. The van der Waals surface area contributed by atoms with E-state index in [0.29, 0.717) is 12.1 Å². The fourth-order valence-electron chi connectivity index (χ4n) is 3.46. The van der Waals surface area contributed by atoms with Gasteiger partial charge in [-0.1, -0.05) is 37.3 Å². The predicted molar refractivity (Wildman–Crippen MR) is 115 cm³/mol. The van der Waals surface area contributed by atoms with E-state index in [1.807, 2.05) is 0 Å². The molecule has 3 rings (SSSR count). The molecule has 0 spiro atoms. The predicted octanol–water partition coefficient (Wildman–Crippen LogP) is 5.58. The van der Waals surface area contributed by atoms with E-state index in [-0.39, 0.29) is 28.3 Å². The minimum atomic E-state index is -4.84. The van der Waals surface area contributed by atoms with Gasteiger partial charge >= 0.3 is 12.1 Å². The molecule has 9 heteroatoms. The summed E-state index contributed by atoms with van der Waals surface area (Å²) in [6, 6.07) is 13.5. The van der Waals surface area contributed by atoms with Crippen LogP contribution in [0, 0.1) is 6.92 Å². The fourth-order valence-corrected chi connectivity index (χ4v) is 4.09. The SMILES string of the molecule is CCCC(=O)Oc1c(C(F)(F)F)c(-c2ccc(S(C)(=O)=O)cc2)n(-c2ccccc2)c1C. The van der Waals surface area contributed by atoms with E-state index in [9.17, 15) is 26.4 Å². The van der Waals surface area contributed by atoms with Gasteiger partial charge in [-0.25, -0.2) is 8.42 Å². The summed E-state index contributed by atoms with van der Waals surface area (Å²) in [7, 11) is -3.53. The first kappa shape index (κ1) is 23.6. The molecule has 2 aromatic carbocycles. The van der Waals surface area contributed by atoms with Crippen LogP contribution in [0.2, 0.25) is 0 Å². The molecule has 5 nitrogen and oxygen atoms in total. The molecule has 0 bridgehead atoms. The molecule has 32 heavy (non-hydrogen) atoms. The summed E-state index contributed by atoms with van der Waals surface area (Å²) in [5, 5.41) is 0. The quantitative estimate of drug-likeness (QED) is 0.446. The van der Waals surface area contributed by atoms with Crippen LogP contribution in [-0.2, 0) is 20.8 Å². The molecule has 0 saturated carbocycles. The number of sulfone groups is 1. The van der Waals surface area contributed by atoms with E-state index in [4.69, 9.17) is 4.74 Å². The van der Waals surface area contributed by atoms with Gasteiger partial charge in [0.1, 0.15) is 5.56 Å². The third-order valence-corrected chi connectivity index (χ3v) is 6.00. The summed E-state index contributed by atoms with van der Waals surface area (Å²) in [6.07, 6.45) is -3.41. The first-order chi connectivity index (χ1) is 14.9. The third-order valence-electron chi connectivity index (χ3n) is 4.88. The van der Waals surface area contributed by atoms with Gasteiger partial charge in [-0.2, -0.15) is 13.2 Å². The van der Waals surface area contributed by atoms with Gasteiger partial charge < -0.3 is 9.30 Å². The monoisotopic (exact) mass is 465 g/mol. The lowest BCUT2D eigenvalue weighted by molar-refractivity contribution is -0.141. The van der Waals surface area contributed by atoms with Crippen LogP contribution in [0.1, 0.15) is 31.0 Å². The molecule has 170 valence electrons. The molecule has 0 aliphatic carbocycles. The zero-order valence-electron chi connectivity index (χ0n) is 17.7. The summed E-state index contributed by atoms with van der Waals surface area (Å²) in [5.74, 6) is -1.31. The summed E-state index contributed by atoms with van der Waals surface area (Å²) in [6.45, 7) is 3.17. The molecule has 0 radical (unpaired) electrons. The number of aromatic nitrogens is 1. The van der Waals surface area contributed by atoms with Crippen molar-refractivity contribution in [3.63, 3.8) is 0 Å². The van der Waals surface area contributed by atoms with Crippen molar-refractivity contribution in [2.45, 2.75) is 37.8 Å². The third kappa shape index (κ3) is 4.72.